The Labute approximate surface area is 113 Å². The van der Waals surface area contributed by atoms with Gasteiger partial charge in [-0.15, -0.1) is 0 Å². The van der Waals surface area contributed by atoms with Gasteiger partial charge in [0.05, 0.1) is 19.4 Å². The summed E-state index contributed by atoms with van der Waals surface area (Å²) < 4.78 is 16.2. The monoisotopic (exact) mass is 261 g/mol. The van der Waals surface area contributed by atoms with Crippen molar-refractivity contribution >= 4 is 0 Å². The molecule has 1 N–H and O–H groups in total. The van der Waals surface area contributed by atoms with Crippen LogP contribution in [-0.4, -0.2) is 27.4 Å². The normalized spacial score (nSPS) is 10.6. The fourth-order valence-corrected chi connectivity index (χ4v) is 1.93. The second kappa shape index (κ2) is 6.97. The average molecular weight is 261 g/mol. The van der Waals surface area contributed by atoms with Crippen LogP contribution in [-0.2, 0) is 11.3 Å². The summed E-state index contributed by atoms with van der Waals surface area (Å²) in [6.45, 7) is 1.80. The average Bonchev–Trinajstić information content (AvgIpc) is 2.88. The number of para-hydroxylation sites is 1. The third-order valence-corrected chi connectivity index (χ3v) is 2.81. The first-order chi connectivity index (χ1) is 9.36. The third kappa shape index (κ3) is 3.36. The molecule has 0 aliphatic carbocycles. The highest BCUT2D eigenvalue weighted by Gasteiger charge is 2.12. The molecule has 19 heavy (non-hydrogen) atoms. The summed E-state index contributed by atoms with van der Waals surface area (Å²) in [7, 11) is 3.56. The van der Waals surface area contributed by atoms with E-state index >= 15 is 0 Å². The van der Waals surface area contributed by atoms with Gasteiger partial charge in [0.2, 0.25) is 0 Å². The largest absolute Gasteiger partial charge is 0.491 e. The van der Waals surface area contributed by atoms with Crippen molar-refractivity contribution in [3.63, 3.8) is 0 Å². The maximum Gasteiger partial charge on any atom is 0.127 e. The molecule has 0 aliphatic heterocycles. The highest BCUT2D eigenvalue weighted by Crippen LogP contribution is 2.32. The first kappa shape index (κ1) is 13.6. The molecule has 102 valence electrons. The molecule has 0 saturated heterocycles. The van der Waals surface area contributed by atoms with Crippen molar-refractivity contribution in [1.82, 2.24) is 5.32 Å². The van der Waals surface area contributed by atoms with Crippen molar-refractivity contribution in [1.29, 1.82) is 0 Å². The molecule has 1 aromatic carbocycles. The molecule has 0 spiro atoms. The van der Waals surface area contributed by atoms with Gasteiger partial charge in [0, 0.05) is 18.2 Å². The van der Waals surface area contributed by atoms with E-state index in [2.05, 4.69) is 5.32 Å². The minimum Gasteiger partial charge on any atom is -0.491 e. The summed E-state index contributed by atoms with van der Waals surface area (Å²) in [5, 5.41) is 3.10. The maximum absolute atomic E-state index is 5.75. The minimum atomic E-state index is 0.534. The Morgan fingerprint density at radius 2 is 1.95 bits per heavy atom. The summed E-state index contributed by atoms with van der Waals surface area (Å²) in [5.41, 5.74) is 2.10. The van der Waals surface area contributed by atoms with Crippen molar-refractivity contribution in [2.45, 2.75) is 6.54 Å². The highest BCUT2D eigenvalue weighted by atomic mass is 16.5. The number of hydrogen-bond acceptors (Lipinski definition) is 4. The SMILES string of the molecule is CNCc1occc1-c1ccccc1OCCOC. The number of nitrogens with one attached hydrogen (secondary N) is 1. The van der Waals surface area contributed by atoms with Gasteiger partial charge in [0.1, 0.15) is 18.1 Å². The zero-order chi connectivity index (χ0) is 13.5. The molecule has 0 unspecified atom stereocenters. The van der Waals surface area contributed by atoms with Gasteiger partial charge in [-0.3, -0.25) is 0 Å². The van der Waals surface area contributed by atoms with Gasteiger partial charge in [-0.05, 0) is 19.2 Å². The summed E-state index contributed by atoms with van der Waals surface area (Å²) in [6, 6.07) is 9.91. The van der Waals surface area contributed by atoms with Gasteiger partial charge >= 0.3 is 0 Å². The van der Waals surface area contributed by atoms with E-state index in [0.717, 1.165) is 22.6 Å². The molecule has 0 radical (unpaired) electrons. The molecule has 1 heterocycles. The lowest BCUT2D eigenvalue weighted by Crippen LogP contribution is -2.06. The van der Waals surface area contributed by atoms with E-state index in [0.29, 0.717) is 19.8 Å². The van der Waals surface area contributed by atoms with E-state index in [4.69, 9.17) is 13.9 Å². The van der Waals surface area contributed by atoms with Crippen molar-refractivity contribution in [3.8, 4) is 16.9 Å². The Morgan fingerprint density at radius 3 is 2.74 bits per heavy atom. The standard InChI is InChI=1S/C15H19NO3/c1-16-11-15-13(7-8-18-15)12-5-3-4-6-14(12)19-10-9-17-2/h3-8,16H,9-11H2,1-2H3. The van der Waals surface area contributed by atoms with Crippen LogP contribution in [0.4, 0.5) is 0 Å². The molecule has 2 rings (SSSR count). The van der Waals surface area contributed by atoms with Crippen molar-refractivity contribution in [2.24, 2.45) is 0 Å². The Balaban J connectivity index is 2.25. The quantitative estimate of drug-likeness (QED) is 0.778. The Morgan fingerprint density at radius 1 is 1.11 bits per heavy atom. The van der Waals surface area contributed by atoms with E-state index in [1.54, 1.807) is 13.4 Å². The molecule has 4 heteroatoms. The van der Waals surface area contributed by atoms with E-state index in [1.807, 2.05) is 37.4 Å². The van der Waals surface area contributed by atoms with E-state index < -0.39 is 0 Å². The molecule has 0 aliphatic rings. The molecule has 1 aromatic heterocycles. The molecule has 0 bridgehead atoms. The zero-order valence-electron chi connectivity index (χ0n) is 11.3. The smallest absolute Gasteiger partial charge is 0.127 e. The van der Waals surface area contributed by atoms with Gasteiger partial charge in [-0.25, -0.2) is 0 Å². The molecule has 0 saturated carbocycles. The van der Waals surface area contributed by atoms with E-state index in [1.165, 1.54) is 0 Å². The Hall–Kier alpha value is -1.78. The van der Waals surface area contributed by atoms with Gasteiger partial charge in [0.15, 0.2) is 0 Å². The number of benzene rings is 1. The fourth-order valence-electron chi connectivity index (χ4n) is 1.93. The molecular weight excluding hydrogens is 242 g/mol. The molecule has 2 aromatic rings. The molecule has 0 fully saturated rings. The fraction of sp³-hybridized carbons (Fsp3) is 0.333. The van der Waals surface area contributed by atoms with Crippen LogP contribution >= 0.6 is 0 Å². The van der Waals surface area contributed by atoms with Crippen LogP contribution in [0.25, 0.3) is 11.1 Å². The second-order valence-corrected chi connectivity index (χ2v) is 4.13. The van der Waals surface area contributed by atoms with Crippen LogP contribution in [0, 0.1) is 0 Å². The number of ether oxygens (including phenoxy) is 2. The Kier molecular flexibility index (Phi) is 5.01. The first-order valence-electron chi connectivity index (χ1n) is 6.29. The lowest BCUT2D eigenvalue weighted by molar-refractivity contribution is 0.146. The van der Waals surface area contributed by atoms with Crippen LogP contribution in [0.1, 0.15) is 5.76 Å². The van der Waals surface area contributed by atoms with Gasteiger partial charge in [-0.2, -0.15) is 0 Å². The predicted octanol–water partition coefficient (Wildman–Crippen LogP) is 2.69. The molecule has 0 amide bonds. The summed E-state index contributed by atoms with van der Waals surface area (Å²) in [4.78, 5) is 0. The number of methoxy groups -OCH3 is 1. The summed E-state index contributed by atoms with van der Waals surface area (Å²) in [6.07, 6.45) is 1.70. The lowest BCUT2D eigenvalue weighted by Gasteiger charge is -2.11. The number of hydrogen-bond donors (Lipinski definition) is 1. The van der Waals surface area contributed by atoms with Gasteiger partial charge < -0.3 is 19.2 Å². The van der Waals surface area contributed by atoms with E-state index in [9.17, 15) is 0 Å². The lowest BCUT2D eigenvalue weighted by atomic mass is 10.1. The van der Waals surface area contributed by atoms with Crippen molar-refractivity contribution in [2.75, 3.05) is 27.4 Å². The summed E-state index contributed by atoms with van der Waals surface area (Å²) in [5.74, 6) is 1.75. The van der Waals surface area contributed by atoms with Gasteiger partial charge in [0.25, 0.3) is 0 Å². The molecule has 0 atom stereocenters. The summed E-state index contributed by atoms with van der Waals surface area (Å²) >= 11 is 0. The predicted molar refractivity (Wildman–Crippen MR) is 74.3 cm³/mol. The highest BCUT2D eigenvalue weighted by molar-refractivity contribution is 5.71. The van der Waals surface area contributed by atoms with Crippen LogP contribution in [0.3, 0.4) is 0 Å². The van der Waals surface area contributed by atoms with Crippen LogP contribution in [0.15, 0.2) is 41.0 Å². The van der Waals surface area contributed by atoms with Crippen LogP contribution in [0.5, 0.6) is 5.75 Å². The van der Waals surface area contributed by atoms with Gasteiger partial charge in [-0.1, -0.05) is 18.2 Å². The van der Waals surface area contributed by atoms with Crippen molar-refractivity contribution < 1.29 is 13.9 Å². The Bertz CT molecular complexity index is 508. The third-order valence-electron chi connectivity index (χ3n) is 2.81. The zero-order valence-corrected chi connectivity index (χ0v) is 11.3. The number of furan rings is 1. The molecular formula is C15H19NO3. The topological polar surface area (TPSA) is 43.6 Å². The first-order valence-corrected chi connectivity index (χ1v) is 6.29. The minimum absolute atomic E-state index is 0.534. The van der Waals surface area contributed by atoms with Crippen LogP contribution in [0.2, 0.25) is 0 Å². The van der Waals surface area contributed by atoms with Crippen LogP contribution < -0.4 is 10.1 Å². The molecule has 4 nitrogen and oxygen atoms in total. The maximum atomic E-state index is 5.75. The van der Waals surface area contributed by atoms with E-state index in [-0.39, 0.29) is 0 Å². The number of rotatable bonds is 7. The second-order valence-electron chi connectivity index (χ2n) is 4.13. The van der Waals surface area contributed by atoms with Crippen molar-refractivity contribution in [3.05, 3.63) is 42.4 Å².